The molecule has 1 aromatic heterocycles. The molecule has 2 unspecified atom stereocenters. The van der Waals surface area contributed by atoms with E-state index in [1.807, 2.05) is 0 Å². The van der Waals surface area contributed by atoms with Crippen LogP contribution in [0.1, 0.15) is 66.6 Å². The molecule has 0 bridgehead atoms. The average Bonchev–Trinajstić information content (AvgIpc) is 3.67. The van der Waals surface area contributed by atoms with E-state index in [1.165, 1.54) is 78.2 Å². The van der Waals surface area contributed by atoms with E-state index in [9.17, 15) is 0 Å². The topological polar surface area (TPSA) is 8.17 Å². The summed E-state index contributed by atoms with van der Waals surface area (Å²) < 4.78 is 2.57. The molecule has 262 valence electrons. The van der Waals surface area contributed by atoms with Crippen molar-refractivity contribution in [3.63, 3.8) is 0 Å². The molecule has 6 aromatic rings. The number of piperidine rings is 1. The van der Waals surface area contributed by atoms with E-state index in [4.69, 9.17) is 0 Å². The number of rotatable bonds is 4. The van der Waals surface area contributed by atoms with Gasteiger partial charge < -0.3 is 9.47 Å². The summed E-state index contributed by atoms with van der Waals surface area (Å²) in [5.41, 5.74) is 17.6. The van der Waals surface area contributed by atoms with Gasteiger partial charge in [-0.15, -0.1) is 0 Å². The molecule has 0 spiro atoms. The number of hydrogen-bond acceptors (Lipinski definition) is 1. The zero-order valence-electron chi connectivity index (χ0n) is 31.0. The minimum atomic E-state index is -0.304. The second-order valence-electron chi connectivity index (χ2n) is 16.2. The third-order valence-corrected chi connectivity index (χ3v) is 13.2. The molecule has 11 rings (SSSR count). The molecule has 5 aliphatic rings. The van der Waals surface area contributed by atoms with Gasteiger partial charge in [-0.3, -0.25) is 0 Å². The fraction of sp³-hybridized carbons (Fsp3) is 0.192. The van der Waals surface area contributed by atoms with Crippen molar-refractivity contribution in [3.8, 4) is 16.8 Å². The lowest BCUT2D eigenvalue weighted by atomic mass is 9.54. The predicted octanol–water partition coefficient (Wildman–Crippen LogP) is 12.2. The van der Waals surface area contributed by atoms with E-state index in [2.05, 4.69) is 193 Å². The number of fused-ring (bicyclic) bond motifs is 8. The quantitative estimate of drug-likeness (QED) is 0.178. The molecule has 5 aromatic carbocycles. The third kappa shape index (κ3) is 4.28. The van der Waals surface area contributed by atoms with Crippen LogP contribution in [0.2, 0.25) is 0 Å². The molecule has 54 heavy (non-hydrogen) atoms. The van der Waals surface area contributed by atoms with Crippen LogP contribution >= 0.6 is 0 Å². The Labute approximate surface area is 318 Å². The first kappa shape index (κ1) is 31.6. The standard InChI is InChI=1S/C52H44N2/c1-51(2)43-25-13-12-24-39(43)40-33-42-41-32-38(30-31-47(41)53(50(42)34-46(40)51)37-22-10-5-11-23-37)54-48-28-16-14-26-44(48)52(35-18-6-3-7-19-35,36-20-8-4-9-21-36)45-27-15-17-29-49(45)54/h3-14,16,18-29,32-34,44,48H,15,17,30-31H2,1-2H3. The molecule has 0 amide bonds. The molecule has 1 fully saturated rings. The number of nitrogens with zero attached hydrogens (tertiary/aromatic N) is 2. The second-order valence-corrected chi connectivity index (χ2v) is 16.2. The van der Waals surface area contributed by atoms with Crippen molar-refractivity contribution in [1.82, 2.24) is 9.47 Å². The molecule has 4 aliphatic carbocycles. The molecular weight excluding hydrogens is 653 g/mol. The van der Waals surface area contributed by atoms with Crippen LogP contribution in [0.4, 0.5) is 0 Å². The number of para-hydroxylation sites is 1. The summed E-state index contributed by atoms with van der Waals surface area (Å²) in [5, 5.41) is 1.35. The summed E-state index contributed by atoms with van der Waals surface area (Å²) in [6.45, 7) is 4.79. The Bertz CT molecular complexity index is 2590. The van der Waals surface area contributed by atoms with Crippen LogP contribution in [0.25, 0.3) is 33.8 Å². The lowest BCUT2D eigenvalue weighted by Crippen LogP contribution is -2.56. The van der Waals surface area contributed by atoms with Crippen LogP contribution in [0.5, 0.6) is 0 Å². The normalized spacial score (nSPS) is 21.3. The van der Waals surface area contributed by atoms with E-state index < -0.39 is 0 Å². The molecule has 0 saturated carbocycles. The predicted molar refractivity (Wildman–Crippen MR) is 224 cm³/mol. The van der Waals surface area contributed by atoms with Gasteiger partial charge in [0.15, 0.2) is 0 Å². The van der Waals surface area contributed by atoms with Crippen molar-refractivity contribution in [1.29, 1.82) is 0 Å². The highest BCUT2D eigenvalue weighted by atomic mass is 15.2. The summed E-state index contributed by atoms with van der Waals surface area (Å²) in [4.78, 5) is 2.75. The SMILES string of the molecule is CC1(C)c2ccccc2-c2cc3c4c(n(-c5ccccc5)c3cc21)CCC(N1C2=CCCC=C2C(c2ccccc2)(c2ccccc2)C2C=CC=CC21)=C4. The minimum absolute atomic E-state index is 0.0583. The van der Waals surface area contributed by atoms with Gasteiger partial charge in [0.05, 0.1) is 17.0 Å². The number of hydrogen-bond donors (Lipinski definition) is 0. The van der Waals surface area contributed by atoms with Crippen molar-refractivity contribution in [2.24, 2.45) is 5.92 Å². The Hall–Kier alpha value is -5.86. The Balaban J connectivity index is 1.14. The Morgan fingerprint density at radius 2 is 1.30 bits per heavy atom. The number of benzene rings is 5. The summed E-state index contributed by atoms with van der Waals surface area (Å²) in [6.07, 6.45) is 21.3. The zero-order valence-corrected chi connectivity index (χ0v) is 31.0. The Kier molecular flexibility index (Phi) is 6.93. The van der Waals surface area contributed by atoms with E-state index in [-0.39, 0.29) is 22.8 Å². The van der Waals surface area contributed by atoms with Crippen LogP contribution in [0, 0.1) is 5.92 Å². The van der Waals surface area contributed by atoms with Crippen molar-refractivity contribution in [3.05, 3.63) is 214 Å². The number of allylic oxidation sites excluding steroid dienone is 6. The largest absolute Gasteiger partial charge is 0.338 e. The van der Waals surface area contributed by atoms with E-state index >= 15 is 0 Å². The van der Waals surface area contributed by atoms with Crippen LogP contribution < -0.4 is 0 Å². The lowest BCUT2D eigenvalue weighted by molar-refractivity contribution is 0.206. The van der Waals surface area contributed by atoms with Gasteiger partial charge in [0.2, 0.25) is 0 Å². The van der Waals surface area contributed by atoms with Crippen molar-refractivity contribution in [2.75, 3.05) is 0 Å². The molecule has 0 radical (unpaired) electrons. The zero-order chi connectivity index (χ0) is 36.0. The molecule has 2 atom stereocenters. The summed E-state index contributed by atoms with van der Waals surface area (Å²) in [7, 11) is 0. The maximum Gasteiger partial charge on any atom is 0.0600 e. The van der Waals surface area contributed by atoms with Gasteiger partial charge in [0.25, 0.3) is 0 Å². The van der Waals surface area contributed by atoms with Crippen molar-refractivity contribution in [2.45, 2.75) is 56.4 Å². The molecule has 1 aliphatic heterocycles. The van der Waals surface area contributed by atoms with E-state index in [0.29, 0.717) is 0 Å². The summed E-state index contributed by atoms with van der Waals surface area (Å²) in [6, 6.07) is 47.9. The van der Waals surface area contributed by atoms with Crippen LogP contribution in [0.3, 0.4) is 0 Å². The second kappa shape index (κ2) is 11.8. The highest BCUT2D eigenvalue weighted by Gasteiger charge is 2.55. The van der Waals surface area contributed by atoms with Gasteiger partial charge in [0.1, 0.15) is 0 Å². The highest BCUT2D eigenvalue weighted by Crippen LogP contribution is 2.58. The van der Waals surface area contributed by atoms with Crippen LogP contribution in [-0.4, -0.2) is 15.5 Å². The van der Waals surface area contributed by atoms with Crippen molar-refractivity contribution >= 4 is 17.0 Å². The summed E-state index contributed by atoms with van der Waals surface area (Å²) in [5.74, 6) is 0.212. The third-order valence-electron chi connectivity index (χ3n) is 13.2. The van der Waals surface area contributed by atoms with Gasteiger partial charge in [-0.1, -0.05) is 153 Å². The monoisotopic (exact) mass is 696 g/mol. The minimum Gasteiger partial charge on any atom is -0.338 e. The molecule has 2 heteroatoms. The Morgan fingerprint density at radius 3 is 2.06 bits per heavy atom. The van der Waals surface area contributed by atoms with Gasteiger partial charge in [-0.25, -0.2) is 0 Å². The van der Waals surface area contributed by atoms with Gasteiger partial charge >= 0.3 is 0 Å². The Morgan fingerprint density at radius 1 is 0.630 bits per heavy atom. The molecule has 1 saturated heterocycles. The average molecular weight is 697 g/mol. The van der Waals surface area contributed by atoms with E-state index in [0.717, 1.165) is 25.7 Å². The van der Waals surface area contributed by atoms with Crippen molar-refractivity contribution < 1.29 is 0 Å². The first-order chi connectivity index (χ1) is 26.6. The number of aromatic nitrogens is 1. The van der Waals surface area contributed by atoms with E-state index in [1.54, 1.807) is 0 Å². The maximum absolute atomic E-state index is 2.75. The van der Waals surface area contributed by atoms with Gasteiger partial charge in [-0.05, 0) is 95.0 Å². The van der Waals surface area contributed by atoms with Gasteiger partial charge in [0, 0.05) is 45.1 Å². The number of likely N-dealkylation sites (tertiary alicyclic amines) is 1. The highest BCUT2D eigenvalue weighted by molar-refractivity contribution is 5.99. The fourth-order valence-corrected chi connectivity index (χ4v) is 11.0. The molecular formula is C52H44N2. The molecule has 0 N–H and O–H groups in total. The molecule has 2 heterocycles. The summed E-state index contributed by atoms with van der Waals surface area (Å²) >= 11 is 0. The first-order valence-electron chi connectivity index (χ1n) is 19.8. The van der Waals surface area contributed by atoms with Gasteiger partial charge in [-0.2, -0.15) is 0 Å². The lowest BCUT2D eigenvalue weighted by Gasteiger charge is -2.57. The van der Waals surface area contributed by atoms with Crippen LogP contribution in [0.15, 0.2) is 181 Å². The maximum atomic E-state index is 2.75. The first-order valence-corrected chi connectivity index (χ1v) is 19.8. The fourth-order valence-electron chi connectivity index (χ4n) is 11.0. The molecule has 2 nitrogen and oxygen atoms in total. The van der Waals surface area contributed by atoms with Crippen LogP contribution in [-0.2, 0) is 17.3 Å². The smallest absolute Gasteiger partial charge is 0.0600 e.